The van der Waals surface area contributed by atoms with Crippen molar-refractivity contribution in [1.29, 1.82) is 0 Å². The molecule has 0 atom stereocenters. The summed E-state index contributed by atoms with van der Waals surface area (Å²) in [4.78, 5) is 13.1. The summed E-state index contributed by atoms with van der Waals surface area (Å²) >= 11 is 0. The van der Waals surface area contributed by atoms with Crippen LogP contribution in [0.15, 0.2) is 49.1 Å². The monoisotopic (exact) mass is 319 g/mol. The van der Waals surface area contributed by atoms with E-state index in [9.17, 15) is 4.39 Å². The van der Waals surface area contributed by atoms with Crippen LogP contribution in [0.4, 0.5) is 4.39 Å². The zero-order valence-electron chi connectivity index (χ0n) is 13.2. The summed E-state index contributed by atoms with van der Waals surface area (Å²) < 4.78 is 14.9. The Morgan fingerprint density at radius 3 is 2.50 bits per heavy atom. The predicted octanol–water partition coefficient (Wildman–Crippen LogP) is 3.54. The van der Waals surface area contributed by atoms with Gasteiger partial charge in [-0.2, -0.15) is 5.10 Å². The molecular formula is C18H14FN5. The zero-order chi connectivity index (χ0) is 16.7. The van der Waals surface area contributed by atoms with Crippen LogP contribution in [0.1, 0.15) is 5.56 Å². The summed E-state index contributed by atoms with van der Waals surface area (Å²) in [5, 5.41) is 4.50. The molecule has 0 fully saturated rings. The minimum atomic E-state index is -0.372. The van der Waals surface area contributed by atoms with Gasteiger partial charge in [0.1, 0.15) is 11.5 Å². The van der Waals surface area contributed by atoms with Crippen molar-refractivity contribution < 1.29 is 4.39 Å². The molecule has 0 radical (unpaired) electrons. The van der Waals surface area contributed by atoms with Crippen LogP contribution in [0.25, 0.3) is 33.5 Å². The van der Waals surface area contributed by atoms with Crippen molar-refractivity contribution in [3.8, 4) is 22.5 Å². The lowest BCUT2D eigenvalue weighted by Gasteiger charge is -2.07. The number of rotatable bonds is 2. The highest BCUT2D eigenvalue weighted by Crippen LogP contribution is 2.33. The molecule has 0 aromatic carbocycles. The van der Waals surface area contributed by atoms with Crippen LogP contribution in [0, 0.1) is 12.7 Å². The van der Waals surface area contributed by atoms with E-state index in [-0.39, 0.29) is 5.82 Å². The molecule has 0 unspecified atom stereocenters. The van der Waals surface area contributed by atoms with Gasteiger partial charge in [-0.25, -0.2) is 4.39 Å². The molecule has 4 aromatic rings. The van der Waals surface area contributed by atoms with Crippen molar-refractivity contribution >= 4 is 11.0 Å². The maximum Gasteiger partial charge on any atom is 0.141 e. The Kier molecular flexibility index (Phi) is 3.30. The third-order valence-corrected chi connectivity index (χ3v) is 3.91. The first kappa shape index (κ1) is 14.4. The van der Waals surface area contributed by atoms with Crippen molar-refractivity contribution in [2.24, 2.45) is 7.05 Å². The average molecular weight is 319 g/mol. The Labute approximate surface area is 137 Å². The van der Waals surface area contributed by atoms with Gasteiger partial charge in [-0.3, -0.25) is 19.6 Å². The van der Waals surface area contributed by atoms with E-state index in [0.717, 1.165) is 27.7 Å². The molecule has 4 rings (SSSR count). The second kappa shape index (κ2) is 5.49. The van der Waals surface area contributed by atoms with E-state index in [1.54, 1.807) is 23.1 Å². The predicted molar refractivity (Wildman–Crippen MR) is 89.7 cm³/mol. The molecule has 0 aliphatic rings. The number of pyridine rings is 3. The lowest BCUT2D eigenvalue weighted by atomic mass is 10.0. The Morgan fingerprint density at radius 2 is 1.71 bits per heavy atom. The minimum absolute atomic E-state index is 0.372. The van der Waals surface area contributed by atoms with Gasteiger partial charge in [0, 0.05) is 36.8 Å². The van der Waals surface area contributed by atoms with Gasteiger partial charge in [0.25, 0.3) is 0 Å². The first-order valence-electron chi connectivity index (χ1n) is 7.50. The highest BCUT2D eigenvalue weighted by molar-refractivity contribution is 5.95. The number of halogens is 1. The molecule has 0 saturated heterocycles. The molecule has 0 bridgehead atoms. The molecule has 0 spiro atoms. The smallest absolute Gasteiger partial charge is 0.141 e. The molecule has 118 valence electrons. The highest BCUT2D eigenvalue weighted by atomic mass is 19.1. The molecule has 24 heavy (non-hydrogen) atoms. The first-order valence-corrected chi connectivity index (χ1v) is 7.50. The van der Waals surface area contributed by atoms with Crippen molar-refractivity contribution in [2.75, 3.05) is 0 Å². The highest BCUT2D eigenvalue weighted by Gasteiger charge is 2.17. The minimum Gasteiger partial charge on any atom is -0.274 e. The zero-order valence-corrected chi connectivity index (χ0v) is 13.2. The van der Waals surface area contributed by atoms with E-state index in [2.05, 4.69) is 20.1 Å². The van der Waals surface area contributed by atoms with E-state index >= 15 is 0 Å². The second-order valence-corrected chi connectivity index (χ2v) is 5.61. The fraction of sp³-hybridized carbons (Fsp3) is 0.111. The van der Waals surface area contributed by atoms with Gasteiger partial charge in [0.2, 0.25) is 0 Å². The molecule has 6 heteroatoms. The molecule has 4 heterocycles. The van der Waals surface area contributed by atoms with Gasteiger partial charge in [0.15, 0.2) is 0 Å². The Hall–Kier alpha value is -3.15. The van der Waals surface area contributed by atoms with Gasteiger partial charge in [-0.15, -0.1) is 0 Å². The van der Waals surface area contributed by atoms with Crippen LogP contribution in [0.2, 0.25) is 0 Å². The van der Waals surface area contributed by atoms with E-state index in [1.165, 1.54) is 12.3 Å². The van der Waals surface area contributed by atoms with Crippen molar-refractivity contribution in [3.05, 3.63) is 60.4 Å². The average Bonchev–Trinajstić information content (AvgIpc) is 2.97. The summed E-state index contributed by atoms with van der Waals surface area (Å²) in [7, 11) is 1.85. The molecule has 0 aliphatic heterocycles. The topological polar surface area (TPSA) is 56.5 Å². The summed E-state index contributed by atoms with van der Waals surface area (Å²) in [6, 6.07) is 6.86. The lowest BCUT2D eigenvalue weighted by molar-refractivity contribution is 0.621. The molecule has 0 N–H and O–H groups in total. The number of hydrogen-bond acceptors (Lipinski definition) is 4. The van der Waals surface area contributed by atoms with Crippen molar-refractivity contribution in [3.63, 3.8) is 0 Å². The Morgan fingerprint density at radius 1 is 0.917 bits per heavy atom. The van der Waals surface area contributed by atoms with E-state index < -0.39 is 0 Å². The fourth-order valence-electron chi connectivity index (χ4n) is 2.78. The molecule has 5 nitrogen and oxygen atoms in total. The van der Waals surface area contributed by atoms with Crippen LogP contribution in [0.5, 0.6) is 0 Å². The van der Waals surface area contributed by atoms with Gasteiger partial charge >= 0.3 is 0 Å². The Balaban J connectivity index is 1.99. The van der Waals surface area contributed by atoms with Crippen LogP contribution in [0.3, 0.4) is 0 Å². The lowest BCUT2D eigenvalue weighted by Crippen LogP contribution is -1.92. The standard InChI is InChI=1S/C18H14FN5/c1-11-5-7-21-18-13(6-8-20-16(11)18)14-10-24(2)23-17(14)15-4-3-12(19)9-22-15/h3-10H,1-2H3. The van der Waals surface area contributed by atoms with E-state index in [1.807, 2.05) is 32.3 Å². The van der Waals surface area contributed by atoms with Crippen LogP contribution >= 0.6 is 0 Å². The first-order chi connectivity index (χ1) is 11.6. The number of aromatic nitrogens is 5. The summed E-state index contributed by atoms with van der Waals surface area (Å²) in [5.41, 5.74) is 5.86. The van der Waals surface area contributed by atoms with Crippen LogP contribution < -0.4 is 0 Å². The van der Waals surface area contributed by atoms with Gasteiger partial charge < -0.3 is 0 Å². The molecule has 0 saturated carbocycles. The quantitative estimate of drug-likeness (QED) is 0.567. The summed E-state index contributed by atoms with van der Waals surface area (Å²) in [6.45, 7) is 2.01. The van der Waals surface area contributed by atoms with E-state index in [0.29, 0.717) is 11.4 Å². The van der Waals surface area contributed by atoms with Gasteiger partial charge in [-0.1, -0.05) is 0 Å². The maximum absolute atomic E-state index is 13.2. The SMILES string of the molecule is Cc1ccnc2c(-c3cn(C)nc3-c3ccc(F)cn3)ccnc12. The normalized spacial score (nSPS) is 11.1. The maximum atomic E-state index is 13.2. The Bertz CT molecular complexity index is 1040. The van der Waals surface area contributed by atoms with Crippen LogP contribution in [-0.4, -0.2) is 24.7 Å². The third kappa shape index (κ3) is 2.32. The summed E-state index contributed by atoms with van der Waals surface area (Å²) in [6.07, 6.45) is 6.65. The number of nitrogens with zero attached hydrogens (tertiary/aromatic N) is 5. The fourth-order valence-corrected chi connectivity index (χ4v) is 2.78. The molecule has 0 aliphatic carbocycles. The van der Waals surface area contributed by atoms with Gasteiger partial charge in [0.05, 0.1) is 22.9 Å². The second-order valence-electron chi connectivity index (χ2n) is 5.61. The van der Waals surface area contributed by atoms with E-state index in [4.69, 9.17) is 0 Å². The largest absolute Gasteiger partial charge is 0.274 e. The van der Waals surface area contributed by atoms with Crippen LogP contribution in [-0.2, 0) is 7.05 Å². The number of fused-ring (bicyclic) bond motifs is 1. The van der Waals surface area contributed by atoms with Gasteiger partial charge in [-0.05, 0) is 36.8 Å². The van der Waals surface area contributed by atoms with Crippen molar-refractivity contribution in [2.45, 2.75) is 6.92 Å². The van der Waals surface area contributed by atoms with Crippen molar-refractivity contribution in [1.82, 2.24) is 24.7 Å². The summed E-state index contributed by atoms with van der Waals surface area (Å²) in [5.74, 6) is -0.372. The number of hydrogen-bond donors (Lipinski definition) is 0. The molecular weight excluding hydrogens is 305 g/mol. The molecule has 4 aromatic heterocycles. The molecule has 0 amide bonds. The number of aryl methyl sites for hydroxylation is 2. The third-order valence-electron chi connectivity index (χ3n) is 3.91.